The number of rotatable bonds is 2. The van der Waals surface area contributed by atoms with Gasteiger partial charge in [-0.2, -0.15) is 0 Å². The van der Waals surface area contributed by atoms with Gasteiger partial charge in [0.1, 0.15) is 5.75 Å². The second-order valence-corrected chi connectivity index (χ2v) is 5.92. The molecule has 1 aromatic carbocycles. The van der Waals surface area contributed by atoms with E-state index in [0.717, 1.165) is 44.5 Å². The molecule has 2 N–H and O–H groups in total. The molecule has 108 valence electrons. The fourth-order valence-corrected chi connectivity index (χ4v) is 3.22. The molecule has 1 saturated heterocycles. The number of phenolic OH excluding ortho intramolecular Hbond substituents is 1. The number of aromatic hydroxyl groups is 1. The van der Waals surface area contributed by atoms with Gasteiger partial charge in [-0.05, 0) is 61.5 Å². The second kappa shape index (κ2) is 5.83. The minimum absolute atomic E-state index is 0.269. The first-order chi connectivity index (χ1) is 9.72. The molecule has 0 unspecified atom stereocenters. The van der Waals surface area contributed by atoms with E-state index in [9.17, 15) is 9.90 Å². The summed E-state index contributed by atoms with van der Waals surface area (Å²) in [5.74, 6) is 1.09. The molecule has 4 heteroatoms. The number of benzene rings is 1. The van der Waals surface area contributed by atoms with Gasteiger partial charge < -0.3 is 15.3 Å². The fraction of sp³-hybridized carbons (Fsp3) is 0.562. The zero-order chi connectivity index (χ0) is 13.9. The predicted molar refractivity (Wildman–Crippen MR) is 77.4 cm³/mol. The highest BCUT2D eigenvalue weighted by atomic mass is 16.3. The van der Waals surface area contributed by atoms with Crippen LogP contribution in [0, 0.1) is 5.92 Å². The number of amides is 1. The van der Waals surface area contributed by atoms with E-state index in [1.807, 2.05) is 11.0 Å². The molecule has 0 bridgehead atoms. The van der Waals surface area contributed by atoms with E-state index in [0.29, 0.717) is 18.9 Å². The summed E-state index contributed by atoms with van der Waals surface area (Å²) in [6.45, 7) is 3.53. The maximum absolute atomic E-state index is 12.4. The number of hydrogen-bond acceptors (Lipinski definition) is 3. The van der Waals surface area contributed by atoms with Gasteiger partial charge in [0.25, 0.3) is 0 Å². The third-order valence-corrected chi connectivity index (χ3v) is 4.48. The van der Waals surface area contributed by atoms with Gasteiger partial charge in [-0.1, -0.05) is 6.07 Å². The van der Waals surface area contributed by atoms with Gasteiger partial charge in [-0.3, -0.25) is 4.79 Å². The number of fused-ring (bicyclic) bond motifs is 1. The van der Waals surface area contributed by atoms with E-state index in [1.165, 1.54) is 5.56 Å². The van der Waals surface area contributed by atoms with Crippen LogP contribution < -0.4 is 5.32 Å². The lowest BCUT2D eigenvalue weighted by Gasteiger charge is -2.31. The summed E-state index contributed by atoms with van der Waals surface area (Å²) in [4.78, 5) is 14.4. The van der Waals surface area contributed by atoms with Crippen LogP contribution in [0.1, 0.15) is 30.4 Å². The van der Waals surface area contributed by atoms with E-state index in [1.54, 1.807) is 12.1 Å². The van der Waals surface area contributed by atoms with Crippen molar-refractivity contribution in [1.29, 1.82) is 0 Å². The summed E-state index contributed by atoms with van der Waals surface area (Å²) >= 11 is 0. The van der Waals surface area contributed by atoms with E-state index < -0.39 is 0 Å². The Morgan fingerprint density at radius 2 is 2.10 bits per heavy atom. The van der Waals surface area contributed by atoms with Crippen LogP contribution in [0.5, 0.6) is 5.75 Å². The molecular formula is C16H22N2O2. The van der Waals surface area contributed by atoms with Crippen LogP contribution in [0.2, 0.25) is 0 Å². The van der Waals surface area contributed by atoms with Crippen LogP contribution in [0.25, 0.3) is 0 Å². The fourth-order valence-electron chi connectivity index (χ4n) is 3.22. The molecule has 0 saturated carbocycles. The number of nitrogens with one attached hydrogen (secondary N) is 1. The van der Waals surface area contributed by atoms with Crippen molar-refractivity contribution in [1.82, 2.24) is 10.2 Å². The second-order valence-electron chi connectivity index (χ2n) is 5.92. The average molecular weight is 274 g/mol. The van der Waals surface area contributed by atoms with Crippen molar-refractivity contribution in [3.63, 3.8) is 0 Å². The van der Waals surface area contributed by atoms with Crippen molar-refractivity contribution < 1.29 is 9.90 Å². The largest absolute Gasteiger partial charge is 0.508 e. The molecule has 0 aromatic heterocycles. The van der Waals surface area contributed by atoms with Crippen molar-refractivity contribution in [2.24, 2.45) is 5.92 Å². The molecule has 0 atom stereocenters. The number of hydrogen-bond donors (Lipinski definition) is 2. The van der Waals surface area contributed by atoms with Gasteiger partial charge >= 0.3 is 0 Å². The zero-order valence-electron chi connectivity index (χ0n) is 11.8. The monoisotopic (exact) mass is 274 g/mol. The molecule has 3 rings (SSSR count). The Hall–Kier alpha value is -1.55. The molecule has 1 aromatic rings. The molecule has 1 fully saturated rings. The summed E-state index contributed by atoms with van der Waals surface area (Å²) < 4.78 is 0. The van der Waals surface area contributed by atoms with Crippen LogP contribution in [0.4, 0.5) is 0 Å². The minimum Gasteiger partial charge on any atom is -0.508 e. The highest BCUT2D eigenvalue weighted by Gasteiger charge is 2.24. The van der Waals surface area contributed by atoms with Gasteiger partial charge in [0.2, 0.25) is 5.91 Å². The first-order valence-corrected chi connectivity index (χ1v) is 7.51. The molecular weight excluding hydrogens is 252 g/mol. The Morgan fingerprint density at radius 3 is 2.90 bits per heavy atom. The third-order valence-electron chi connectivity index (χ3n) is 4.48. The van der Waals surface area contributed by atoms with Gasteiger partial charge in [0.05, 0.1) is 0 Å². The minimum atomic E-state index is 0.269. The maximum atomic E-state index is 12.4. The number of carbonyl (C=O) groups excluding carboxylic acids is 1. The Bertz CT molecular complexity index is 495. The van der Waals surface area contributed by atoms with Crippen molar-refractivity contribution in [3.8, 4) is 5.75 Å². The Balaban J connectivity index is 1.62. The number of nitrogens with zero attached hydrogens (tertiary/aromatic N) is 1. The molecule has 20 heavy (non-hydrogen) atoms. The van der Waals surface area contributed by atoms with Crippen LogP contribution in [-0.2, 0) is 17.8 Å². The molecule has 2 heterocycles. The maximum Gasteiger partial charge on any atom is 0.223 e. The van der Waals surface area contributed by atoms with Crippen molar-refractivity contribution in [2.45, 2.75) is 32.2 Å². The zero-order valence-corrected chi connectivity index (χ0v) is 11.8. The molecule has 1 amide bonds. The van der Waals surface area contributed by atoms with Gasteiger partial charge in [0.15, 0.2) is 0 Å². The first-order valence-electron chi connectivity index (χ1n) is 7.51. The third kappa shape index (κ3) is 2.96. The lowest BCUT2D eigenvalue weighted by Crippen LogP contribution is -2.38. The van der Waals surface area contributed by atoms with E-state index >= 15 is 0 Å². The van der Waals surface area contributed by atoms with Crippen LogP contribution >= 0.6 is 0 Å². The summed E-state index contributed by atoms with van der Waals surface area (Å²) in [5.41, 5.74) is 2.35. The molecule has 2 aliphatic rings. The number of phenols is 1. The summed E-state index contributed by atoms with van der Waals surface area (Å²) in [6, 6.07) is 5.49. The SMILES string of the molecule is O=C(CC1CCNCC1)N1CCc2ccc(O)cc2C1. The molecule has 0 spiro atoms. The number of piperidine rings is 1. The Kier molecular flexibility index (Phi) is 3.92. The van der Waals surface area contributed by atoms with E-state index in [-0.39, 0.29) is 11.7 Å². The predicted octanol–water partition coefficient (Wildman–Crippen LogP) is 1.67. The van der Waals surface area contributed by atoms with Crippen molar-refractivity contribution >= 4 is 5.91 Å². The average Bonchev–Trinajstić information content (AvgIpc) is 2.47. The van der Waals surface area contributed by atoms with Crippen molar-refractivity contribution in [3.05, 3.63) is 29.3 Å². The Morgan fingerprint density at radius 1 is 1.30 bits per heavy atom. The summed E-state index contributed by atoms with van der Waals surface area (Å²) in [6.07, 6.45) is 3.79. The standard InChI is InChI=1S/C16H22N2O2/c19-15-2-1-13-5-8-18(11-14(13)10-15)16(20)9-12-3-6-17-7-4-12/h1-2,10,12,17,19H,3-9,11H2. The van der Waals surface area contributed by atoms with E-state index in [4.69, 9.17) is 0 Å². The summed E-state index contributed by atoms with van der Waals surface area (Å²) in [7, 11) is 0. The lowest BCUT2D eigenvalue weighted by molar-refractivity contribution is -0.133. The normalized spacial score (nSPS) is 19.7. The quantitative estimate of drug-likeness (QED) is 0.862. The van der Waals surface area contributed by atoms with Crippen LogP contribution in [-0.4, -0.2) is 35.5 Å². The Labute approximate surface area is 119 Å². The van der Waals surface area contributed by atoms with Crippen molar-refractivity contribution in [2.75, 3.05) is 19.6 Å². The molecule has 0 aliphatic carbocycles. The van der Waals surface area contributed by atoms with Gasteiger partial charge in [0, 0.05) is 19.5 Å². The highest BCUT2D eigenvalue weighted by Crippen LogP contribution is 2.25. The smallest absolute Gasteiger partial charge is 0.223 e. The van der Waals surface area contributed by atoms with Crippen LogP contribution in [0.15, 0.2) is 18.2 Å². The van der Waals surface area contributed by atoms with Gasteiger partial charge in [-0.25, -0.2) is 0 Å². The summed E-state index contributed by atoms with van der Waals surface area (Å²) in [5, 5.41) is 12.9. The van der Waals surface area contributed by atoms with Crippen LogP contribution in [0.3, 0.4) is 0 Å². The van der Waals surface area contributed by atoms with Gasteiger partial charge in [-0.15, -0.1) is 0 Å². The molecule has 2 aliphatic heterocycles. The topological polar surface area (TPSA) is 52.6 Å². The molecule has 4 nitrogen and oxygen atoms in total. The lowest BCUT2D eigenvalue weighted by atomic mass is 9.93. The molecule has 0 radical (unpaired) electrons. The highest BCUT2D eigenvalue weighted by molar-refractivity contribution is 5.76. The van der Waals surface area contributed by atoms with E-state index in [2.05, 4.69) is 5.32 Å². The number of carbonyl (C=O) groups is 1. The first kappa shape index (κ1) is 13.4.